The van der Waals surface area contributed by atoms with Gasteiger partial charge in [-0.3, -0.25) is 9.59 Å². The third-order valence-electron chi connectivity index (χ3n) is 4.89. The number of rotatable bonds is 11. The molecule has 0 saturated heterocycles. The number of benzene rings is 1. The Morgan fingerprint density at radius 2 is 1.79 bits per heavy atom. The molecule has 0 aliphatic carbocycles. The van der Waals surface area contributed by atoms with E-state index in [-0.39, 0.29) is 60.8 Å². The largest absolute Gasteiger partial charge is 1.00 e. The second-order valence-electron chi connectivity index (χ2n) is 8.71. The van der Waals surface area contributed by atoms with E-state index >= 15 is 0 Å². The third kappa shape index (κ3) is 8.63. The summed E-state index contributed by atoms with van der Waals surface area (Å²) in [6.07, 6.45) is 0.0507. The number of halogens is 1. The van der Waals surface area contributed by atoms with E-state index < -0.39 is 30.4 Å². The fraction of sp³-hybridized carbons (Fsp3) is 0.458. The molecule has 0 fully saturated rings. The Kier molecular flexibility index (Phi) is 12.1. The van der Waals surface area contributed by atoms with Crippen LogP contribution < -0.4 is 34.9 Å². The molecular formula is C24H33FN3NaO5. The summed E-state index contributed by atoms with van der Waals surface area (Å²) < 4.78 is 15.0. The molecule has 0 aliphatic heterocycles. The van der Waals surface area contributed by atoms with Gasteiger partial charge in [-0.1, -0.05) is 33.8 Å². The minimum atomic E-state index is -1.20. The van der Waals surface area contributed by atoms with Gasteiger partial charge < -0.3 is 22.1 Å². The van der Waals surface area contributed by atoms with Crippen molar-refractivity contribution >= 4 is 18.0 Å². The van der Waals surface area contributed by atoms with E-state index in [9.17, 15) is 24.2 Å². The number of nitrogens with zero attached hydrogens (tertiary/aromatic N) is 2. The van der Waals surface area contributed by atoms with E-state index in [1.54, 1.807) is 6.08 Å². The number of carbonyl (C=O) groups is 2. The quantitative estimate of drug-likeness (QED) is 0.338. The molecular weight excluding hydrogens is 452 g/mol. The first-order valence-electron chi connectivity index (χ1n) is 10.9. The molecule has 2 aromatic rings. The summed E-state index contributed by atoms with van der Waals surface area (Å²) >= 11 is 0. The number of aliphatic hydroxyl groups is 2. The molecule has 2 atom stereocenters. The molecule has 0 spiro atoms. The Bertz CT molecular complexity index is 996. The van der Waals surface area contributed by atoms with Crippen LogP contribution in [-0.4, -0.2) is 55.7 Å². The average Bonchev–Trinajstić information content (AvgIpc) is 3.10. The van der Waals surface area contributed by atoms with Crippen molar-refractivity contribution in [2.75, 3.05) is 6.54 Å². The number of hydrogen-bond donors (Lipinski definition) is 4. The first kappa shape index (κ1) is 30.0. The molecule has 34 heavy (non-hydrogen) atoms. The molecule has 0 bridgehead atoms. The van der Waals surface area contributed by atoms with Crippen LogP contribution in [0.1, 0.15) is 69.6 Å². The van der Waals surface area contributed by atoms with Crippen LogP contribution in [-0.2, 0) is 4.79 Å². The number of hydrogen-bond acceptors (Lipinski definition) is 5. The average molecular weight is 486 g/mol. The summed E-state index contributed by atoms with van der Waals surface area (Å²) in [6, 6.07) is 5.64. The zero-order valence-corrected chi connectivity index (χ0v) is 22.3. The van der Waals surface area contributed by atoms with Crippen molar-refractivity contribution in [2.24, 2.45) is 5.92 Å². The smallest absolute Gasteiger partial charge is 1.00 e. The van der Waals surface area contributed by atoms with Crippen LogP contribution in [0.25, 0.3) is 11.8 Å². The number of carboxylic acid groups (broad SMARTS) is 1. The molecule has 0 aliphatic rings. The maximum atomic E-state index is 13.5. The van der Waals surface area contributed by atoms with Gasteiger partial charge in [-0.05, 0) is 42.2 Å². The topological polar surface area (TPSA) is 125 Å². The normalized spacial score (nSPS) is 13.2. The van der Waals surface area contributed by atoms with Crippen molar-refractivity contribution in [1.29, 1.82) is 0 Å². The second-order valence-corrected chi connectivity index (χ2v) is 8.71. The molecule has 0 saturated carbocycles. The molecule has 10 heteroatoms. The molecule has 0 radical (unpaired) electrons. The van der Waals surface area contributed by atoms with Crippen LogP contribution in [0.3, 0.4) is 0 Å². The van der Waals surface area contributed by atoms with Crippen molar-refractivity contribution in [3.05, 3.63) is 53.1 Å². The predicted molar refractivity (Wildman–Crippen MR) is 124 cm³/mol. The van der Waals surface area contributed by atoms with Gasteiger partial charge in [0.25, 0.3) is 5.91 Å². The molecule has 1 amide bonds. The minimum absolute atomic E-state index is 0. The number of carbonyl (C=O) groups excluding carboxylic acids is 1. The van der Waals surface area contributed by atoms with Crippen LogP contribution in [0, 0.1) is 11.7 Å². The van der Waals surface area contributed by atoms with Gasteiger partial charge >= 0.3 is 35.5 Å². The second kappa shape index (κ2) is 13.7. The van der Waals surface area contributed by atoms with E-state index in [0.717, 1.165) is 0 Å². The Hall–Kier alpha value is -2.04. The van der Waals surface area contributed by atoms with Gasteiger partial charge in [0, 0.05) is 18.5 Å². The van der Waals surface area contributed by atoms with E-state index in [0.29, 0.717) is 23.5 Å². The summed E-state index contributed by atoms with van der Waals surface area (Å²) in [6.45, 7) is 8.26. The fourth-order valence-corrected chi connectivity index (χ4v) is 3.34. The SMILES string of the molecule is CC(C)CNC(=O)c1nn(-c2ccc(F)cc2)c(C=C[C@H](O)C[C@@H](O)CC(=O)O)c1C(C)C.[H-].[Na+]. The number of aliphatic hydroxyl groups excluding tert-OH is 2. The Labute approximate surface area is 222 Å². The van der Waals surface area contributed by atoms with E-state index in [4.69, 9.17) is 5.11 Å². The van der Waals surface area contributed by atoms with Gasteiger partial charge in [0.1, 0.15) is 5.82 Å². The first-order chi connectivity index (χ1) is 15.5. The first-order valence-corrected chi connectivity index (χ1v) is 10.9. The van der Waals surface area contributed by atoms with Gasteiger partial charge in [0.2, 0.25) is 0 Å². The van der Waals surface area contributed by atoms with Crippen LogP contribution >= 0.6 is 0 Å². The summed E-state index contributed by atoms with van der Waals surface area (Å²) in [5.74, 6) is -1.76. The molecule has 1 aromatic carbocycles. The van der Waals surface area contributed by atoms with Crippen LogP contribution in [0.4, 0.5) is 4.39 Å². The van der Waals surface area contributed by atoms with Crippen molar-refractivity contribution in [3.63, 3.8) is 0 Å². The van der Waals surface area contributed by atoms with E-state index in [1.165, 1.54) is 35.0 Å². The standard InChI is InChI=1S/C24H32FN3O5.Na.H/c1-14(2)13-26-24(33)23-22(15(3)4)20(10-9-18(29)11-19(30)12-21(31)32)28(27-23)17-7-5-16(25)6-8-17;;/h5-10,14-15,18-19,29-30H,11-13H2,1-4H3,(H,26,33)(H,31,32);;/q;+1;-1/t18-,19+;;/m0../s1. The van der Waals surface area contributed by atoms with Crippen LogP contribution in [0.2, 0.25) is 0 Å². The molecule has 182 valence electrons. The van der Waals surface area contributed by atoms with Crippen molar-refractivity contribution in [1.82, 2.24) is 15.1 Å². The number of amides is 1. The van der Waals surface area contributed by atoms with Crippen LogP contribution in [0.5, 0.6) is 0 Å². The van der Waals surface area contributed by atoms with Gasteiger partial charge in [-0.2, -0.15) is 5.10 Å². The third-order valence-corrected chi connectivity index (χ3v) is 4.89. The predicted octanol–water partition coefficient (Wildman–Crippen LogP) is 0.237. The molecule has 1 heterocycles. The summed E-state index contributed by atoms with van der Waals surface area (Å²) in [5.41, 5.74) is 1.93. The van der Waals surface area contributed by atoms with E-state index in [1.807, 2.05) is 27.7 Å². The van der Waals surface area contributed by atoms with Crippen molar-refractivity contribution in [3.8, 4) is 5.69 Å². The van der Waals surface area contributed by atoms with Crippen molar-refractivity contribution < 1.29 is 60.3 Å². The Balaban J connectivity index is 0.00000578. The van der Waals surface area contributed by atoms with Gasteiger partial charge in [0.15, 0.2) is 5.69 Å². The number of aliphatic carboxylic acids is 1. The summed E-state index contributed by atoms with van der Waals surface area (Å²) in [4.78, 5) is 23.6. The monoisotopic (exact) mass is 485 g/mol. The van der Waals surface area contributed by atoms with Gasteiger partial charge in [0.05, 0.1) is 30.0 Å². The molecule has 8 nitrogen and oxygen atoms in total. The zero-order valence-electron chi connectivity index (χ0n) is 21.3. The fourth-order valence-electron chi connectivity index (χ4n) is 3.34. The Morgan fingerprint density at radius 1 is 1.18 bits per heavy atom. The number of aromatic nitrogens is 2. The Morgan fingerprint density at radius 3 is 2.32 bits per heavy atom. The van der Waals surface area contributed by atoms with Gasteiger partial charge in [-0.15, -0.1) is 0 Å². The molecule has 2 rings (SSSR count). The maximum Gasteiger partial charge on any atom is 1.00 e. The maximum absolute atomic E-state index is 13.5. The number of carboxylic acids is 1. The molecule has 1 aromatic heterocycles. The molecule has 4 N–H and O–H groups in total. The van der Waals surface area contributed by atoms with Gasteiger partial charge in [-0.25, -0.2) is 9.07 Å². The van der Waals surface area contributed by atoms with E-state index in [2.05, 4.69) is 10.4 Å². The summed E-state index contributed by atoms with van der Waals surface area (Å²) in [5, 5.41) is 36.2. The van der Waals surface area contributed by atoms with Crippen molar-refractivity contribution in [2.45, 2.75) is 58.7 Å². The summed E-state index contributed by atoms with van der Waals surface area (Å²) in [7, 11) is 0. The molecule has 0 unspecified atom stereocenters. The number of nitrogens with one attached hydrogen (secondary N) is 1. The zero-order chi connectivity index (χ0) is 24.7. The minimum Gasteiger partial charge on any atom is -1.00 e. The van der Waals surface area contributed by atoms with Crippen LogP contribution in [0.15, 0.2) is 30.3 Å².